The van der Waals surface area contributed by atoms with Crippen LogP contribution in [0.15, 0.2) is 63.5 Å². The molecule has 3 rings (SSSR count). The lowest BCUT2D eigenvalue weighted by Crippen LogP contribution is -2.41. The summed E-state index contributed by atoms with van der Waals surface area (Å²) in [4.78, 5) is 25.6. The number of benzene rings is 1. The Hall–Kier alpha value is -2.69. The second-order valence-electron chi connectivity index (χ2n) is 6.02. The number of hydrogen-bond donors (Lipinski definition) is 3. The SMILES string of the molecule is O=C(CCCc1cccs1)NNC(=O)c1ccccc1NS(=O)(=O)c1cccs1. The molecule has 152 valence electrons. The zero-order chi connectivity index (χ0) is 20.7. The van der Waals surface area contributed by atoms with Crippen LogP contribution in [0.3, 0.4) is 0 Å². The summed E-state index contributed by atoms with van der Waals surface area (Å²) in [5.41, 5.74) is 4.94. The molecule has 2 amide bonds. The number of para-hydroxylation sites is 1. The Morgan fingerprint density at radius 2 is 1.66 bits per heavy atom. The van der Waals surface area contributed by atoms with Crippen molar-refractivity contribution in [3.8, 4) is 0 Å². The van der Waals surface area contributed by atoms with E-state index in [4.69, 9.17) is 0 Å². The number of sulfonamides is 1. The van der Waals surface area contributed by atoms with Crippen molar-refractivity contribution in [3.05, 3.63) is 69.7 Å². The summed E-state index contributed by atoms with van der Waals surface area (Å²) >= 11 is 2.72. The van der Waals surface area contributed by atoms with Gasteiger partial charge in [0.2, 0.25) is 5.91 Å². The standard InChI is InChI=1S/C19H19N3O4S3/c23-17(10-3-6-14-7-4-12-27-14)20-21-19(24)15-8-1-2-9-16(15)22-29(25,26)18-11-5-13-28-18/h1-2,4-5,7-9,11-13,22H,3,6,10H2,(H,20,23)(H,21,24). The van der Waals surface area contributed by atoms with E-state index in [0.29, 0.717) is 6.42 Å². The number of rotatable bonds is 8. The maximum atomic E-state index is 12.4. The van der Waals surface area contributed by atoms with Gasteiger partial charge in [-0.2, -0.15) is 0 Å². The molecule has 3 aromatic rings. The molecule has 0 saturated carbocycles. The third-order valence-electron chi connectivity index (χ3n) is 3.90. The van der Waals surface area contributed by atoms with E-state index in [9.17, 15) is 18.0 Å². The lowest BCUT2D eigenvalue weighted by Gasteiger charge is -2.12. The third kappa shape index (κ3) is 5.89. The summed E-state index contributed by atoms with van der Waals surface area (Å²) in [6.07, 6.45) is 1.73. The first kappa shape index (κ1) is 21.0. The summed E-state index contributed by atoms with van der Waals surface area (Å²) in [5, 5.41) is 3.64. The van der Waals surface area contributed by atoms with Crippen LogP contribution in [0.5, 0.6) is 0 Å². The van der Waals surface area contributed by atoms with Crippen molar-refractivity contribution < 1.29 is 18.0 Å². The number of anilines is 1. The summed E-state index contributed by atoms with van der Waals surface area (Å²) < 4.78 is 27.4. The lowest BCUT2D eigenvalue weighted by atomic mass is 10.2. The molecule has 3 N–H and O–H groups in total. The molecule has 0 radical (unpaired) electrons. The number of amides is 2. The molecule has 0 fully saturated rings. The van der Waals surface area contributed by atoms with E-state index in [0.717, 1.165) is 17.8 Å². The van der Waals surface area contributed by atoms with Gasteiger partial charge in [-0.25, -0.2) is 8.42 Å². The Bertz CT molecular complexity index is 1060. The van der Waals surface area contributed by atoms with Gasteiger partial charge in [-0.15, -0.1) is 22.7 Å². The number of hydrazine groups is 1. The van der Waals surface area contributed by atoms with Gasteiger partial charge in [0.25, 0.3) is 15.9 Å². The molecule has 0 unspecified atom stereocenters. The van der Waals surface area contributed by atoms with E-state index in [-0.39, 0.29) is 27.8 Å². The second kappa shape index (κ2) is 9.68. The minimum Gasteiger partial charge on any atom is -0.278 e. The van der Waals surface area contributed by atoms with Crippen LogP contribution in [0, 0.1) is 0 Å². The first-order valence-corrected chi connectivity index (χ1v) is 12.0. The highest BCUT2D eigenvalue weighted by atomic mass is 32.2. The number of nitrogens with one attached hydrogen (secondary N) is 3. The Labute approximate surface area is 176 Å². The molecule has 2 heterocycles. The Morgan fingerprint density at radius 3 is 2.38 bits per heavy atom. The third-order valence-corrected chi connectivity index (χ3v) is 7.60. The second-order valence-corrected chi connectivity index (χ2v) is 9.91. The van der Waals surface area contributed by atoms with Gasteiger partial charge in [-0.3, -0.25) is 25.2 Å². The van der Waals surface area contributed by atoms with E-state index in [1.807, 2.05) is 17.5 Å². The zero-order valence-electron chi connectivity index (χ0n) is 15.3. The van der Waals surface area contributed by atoms with Crippen LogP contribution in [-0.2, 0) is 21.2 Å². The molecule has 0 bridgehead atoms. The van der Waals surface area contributed by atoms with Crippen LogP contribution in [0.1, 0.15) is 28.1 Å². The van der Waals surface area contributed by atoms with E-state index < -0.39 is 15.9 Å². The Balaban J connectivity index is 1.56. The minimum atomic E-state index is -3.79. The van der Waals surface area contributed by atoms with Crippen LogP contribution in [-0.4, -0.2) is 20.2 Å². The average molecular weight is 450 g/mol. The number of carbonyl (C=O) groups is 2. The number of aryl methyl sites for hydroxylation is 1. The largest absolute Gasteiger partial charge is 0.278 e. The fraction of sp³-hybridized carbons (Fsp3) is 0.158. The molecule has 0 atom stereocenters. The summed E-state index contributed by atoms with van der Waals surface area (Å²) in [6, 6.07) is 13.3. The average Bonchev–Trinajstić information content (AvgIpc) is 3.40. The fourth-order valence-corrected chi connectivity index (χ4v) is 5.34. The highest BCUT2D eigenvalue weighted by Crippen LogP contribution is 2.22. The number of thiophene rings is 2. The van der Waals surface area contributed by atoms with Crippen LogP contribution in [0.4, 0.5) is 5.69 Å². The molecule has 0 spiro atoms. The maximum absolute atomic E-state index is 12.4. The Kier molecular flexibility index (Phi) is 7.02. The van der Waals surface area contributed by atoms with Gasteiger partial charge in [0, 0.05) is 11.3 Å². The predicted octanol–water partition coefficient (Wildman–Crippen LogP) is 3.39. The minimum absolute atomic E-state index is 0.103. The van der Waals surface area contributed by atoms with Crippen molar-refractivity contribution in [1.29, 1.82) is 0 Å². The molecule has 2 aromatic heterocycles. The first-order valence-electron chi connectivity index (χ1n) is 8.72. The monoisotopic (exact) mass is 449 g/mol. The van der Waals surface area contributed by atoms with Gasteiger partial charge in [-0.05, 0) is 47.9 Å². The van der Waals surface area contributed by atoms with Gasteiger partial charge in [-0.1, -0.05) is 24.3 Å². The molecule has 0 saturated heterocycles. The van der Waals surface area contributed by atoms with Crippen LogP contribution < -0.4 is 15.6 Å². The molecule has 29 heavy (non-hydrogen) atoms. The zero-order valence-corrected chi connectivity index (χ0v) is 17.7. The van der Waals surface area contributed by atoms with Crippen LogP contribution >= 0.6 is 22.7 Å². The van der Waals surface area contributed by atoms with Crippen molar-refractivity contribution >= 4 is 50.2 Å². The first-order chi connectivity index (χ1) is 14.0. The van der Waals surface area contributed by atoms with Crippen molar-refractivity contribution in [2.24, 2.45) is 0 Å². The van der Waals surface area contributed by atoms with Crippen molar-refractivity contribution in [2.45, 2.75) is 23.5 Å². The topological polar surface area (TPSA) is 104 Å². The Morgan fingerprint density at radius 1 is 0.897 bits per heavy atom. The van der Waals surface area contributed by atoms with E-state index in [1.165, 1.54) is 23.1 Å². The maximum Gasteiger partial charge on any atom is 0.271 e. The van der Waals surface area contributed by atoms with Gasteiger partial charge < -0.3 is 0 Å². The normalized spacial score (nSPS) is 11.0. The highest BCUT2D eigenvalue weighted by Gasteiger charge is 2.19. The quantitative estimate of drug-likeness (QED) is 0.459. The van der Waals surface area contributed by atoms with Gasteiger partial charge in [0.1, 0.15) is 4.21 Å². The van der Waals surface area contributed by atoms with Crippen LogP contribution in [0.2, 0.25) is 0 Å². The van der Waals surface area contributed by atoms with Crippen LogP contribution in [0.25, 0.3) is 0 Å². The fourth-order valence-electron chi connectivity index (χ4n) is 2.52. The van der Waals surface area contributed by atoms with Gasteiger partial charge >= 0.3 is 0 Å². The molecule has 1 aromatic carbocycles. The highest BCUT2D eigenvalue weighted by molar-refractivity contribution is 7.94. The molecule has 7 nitrogen and oxygen atoms in total. The number of hydrogen-bond acceptors (Lipinski definition) is 6. The smallest absolute Gasteiger partial charge is 0.271 e. The molecular weight excluding hydrogens is 430 g/mol. The van der Waals surface area contributed by atoms with Crippen molar-refractivity contribution in [2.75, 3.05) is 4.72 Å². The van der Waals surface area contributed by atoms with Crippen molar-refractivity contribution in [1.82, 2.24) is 10.9 Å². The van der Waals surface area contributed by atoms with E-state index in [1.54, 1.807) is 34.9 Å². The van der Waals surface area contributed by atoms with Crippen molar-refractivity contribution in [3.63, 3.8) is 0 Å². The molecule has 0 aliphatic carbocycles. The lowest BCUT2D eigenvalue weighted by molar-refractivity contribution is -0.121. The molecule has 0 aliphatic heterocycles. The summed E-state index contributed by atoms with van der Waals surface area (Å²) in [6.45, 7) is 0. The summed E-state index contributed by atoms with van der Waals surface area (Å²) in [7, 11) is -3.79. The molecule has 0 aliphatic rings. The summed E-state index contributed by atoms with van der Waals surface area (Å²) in [5.74, 6) is -0.923. The predicted molar refractivity (Wildman–Crippen MR) is 114 cm³/mol. The number of carbonyl (C=O) groups excluding carboxylic acids is 2. The van der Waals surface area contributed by atoms with E-state index in [2.05, 4.69) is 15.6 Å². The molecule has 10 heteroatoms. The molecular formula is C19H19N3O4S3. The van der Waals surface area contributed by atoms with Gasteiger partial charge in [0.05, 0.1) is 11.3 Å². The van der Waals surface area contributed by atoms with E-state index >= 15 is 0 Å². The van der Waals surface area contributed by atoms with Gasteiger partial charge in [0.15, 0.2) is 0 Å².